The molecule has 1 atom stereocenters. The third-order valence-electron chi connectivity index (χ3n) is 5.96. The van der Waals surface area contributed by atoms with Crippen molar-refractivity contribution in [2.75, 3.05) is 13.6 Å². The SMILES string of the molecule is CC(C)CN(C)C(=O)c1ccccc1-n1cnc(Cn2nc(-c3ccc(Cl)cc3)n(C[C@H](O)C(F)(F)F)c2=O)n1. The number of hydrogen-bond acceptors (Lipinski definition) is 6. The molecule has 1 amide bonds. The minimum atomic E-state index is -4.94. The van der Waals surface area contributed by atoms with Gasteiger partial charge >= 0.3 is 11.9 Å². The first-order chi connectivity index (χ1) is 18.8. The molecule has 0 saturated carbocycles. The Bertz CT molecular complexity index is 1540. The summed E-state index contributed by atoms with van der Waals surface area (Å²) in [5.41, 5.74) is 0.297. The molecule has 0 spiro atoms. The van der Waals surface area contributed by atoms with Gasteiger partial charge in [0.25, 0.3) is 5.91 Å². The molecule has 2 aromatic heterocycles. The Morgan fingerprint density at radius 1 is 1.10 bits per heavy atom. The molecule has 2 aromatic carbocycles. The van der Waals surface area contributed by atoms with E-state index in [1.165, 1.54) is 35.3 Å². The lowest BCUT2D eigenvalue weighted by Crippen LogP contribution is -2.37. The number of aliphatic hydroxyl groups excluding tert-OH is 1. The molecule has 10 nitrogen and oxygen atoms in total. The van der Waals surface area contributed by atoms with Crippen molar-refractivity contribution in [3.05, 3.63) is 81.8 Å². The Labute approximate surface area is 232 Å². The van der Waals surface area contributed by atoms with Gasteiger partial charge in [0.2, 0.25) is 0 Å². The minimum Gasteiger partial charge on any atom is -0.382 e. The lowest BCUT2D eigenvalue weighted by atomic mass is 10.1. The van der Waals surface area contributed by atoms with E-state index in [9.17, 15) is 27.9 Å². The van der Waals surface area contributed by atoms with Crippen molar-refractivity contribution in [3.8, 4) is 17.1 Å². The fraction of sp³-hybridized carbons (Fsp3) is 0.346. The highest BCUT2D eigenvalue weighted by Gasteiger charge is 2.39. The summed E-state index contributed by atoms with van der Waals surface area (Å²) in [6.07, 6.45) is -6.35. The molecule has 212 valence electrons. The number of halogens is 4. The van der Waals surface area contributed by atoms with E-state index >= 15 is 0 Å². The Morgan fingerprint density at radius 3 is 2.42 bits per heavy atom. The summed E-state index contributed by atoms with van der Waals surface area (Å²) in [6, 6.07) is 12.9. The molecule has 0 aliphatic heterocycles. The summed E-state index contributed by atoms with van der Waals surface area (Å²) in [7, 11) is 1.71. The first-order valence-corrected chi connectivity index (χ1v) is 12.7. The predicted molar refractivity (Wildman–Crippen MR) is 141 cm³/mol. The molecule has 0 bridgehead atoms. The number of rotatable bonds is 9. The Kier molecular flexibility index (Phi) is 8.45. The molecule has 1 N–H and O–H groups in total. The summed E-state index contributed by atoms with van der Waals surface area (Å²) in [5.74, 6) is 0.108. The van der Waals surface area contributed by atoms with Crippen molar-refractivity contribution in [2.45, 2.75) is 39.2 Å². The summed E-state index contributed by atoms with van der Waals surface area (Å²) in [5, 5.41) is 18.6. The number of benzene rings is 2. The average Bonchev–Trinajstić information content (AvgIpc) is 3.48. The van der Waals surface area contributed by atoms with E-state index in [0.717, 1.165) is 9.25 Å². The second-order valence-electron chi connectivity index (χ2n) is 9.64. The van der Waals surface area contributed by atoms with Crippen LogP contribution in [0.5, 0.6) is 0 Å². The van der Waals surface area contributed by atoms with Gasteiger partial charge in [-0.15, -0.1) is 10.2 Å². The molecule has 14 heteroatoms. The van der Waals surface area contributed by atoms with E-state index in [-0.39, 0.29) is 30.0 Å². The molecular formula is C26H27ClF3N7O3. The van der Waals surface area contributed by atoms with Crippen LogP contribution in [-0.2, 0) is 13.1 Å². The van der Waals surface area contributed by atoms with E-state index in [1.54, 1.807) is 36.2 Å². The van der Waals surface area contributed by atoms with Gasteiger partial charge in [-0.25, -0.2) is 19.1 Å². The van der Waals surface area contributed by atoms with Crippen LogP contribution in [0.2, 0.25) is 5.02 Å². The maximum atomic E-state index is 13.1. The fourth-order valence-electron chi connectivity index (χ4n) is 4.11. The van der Waals surface area contributed by atoms with Crippen molar-refractivity contribution in [1.82, 2.24) is 34.0 Å². The molecule has 40 heavy (non-hydrogen) atoms. The van der Waals surface area contributed by atoms with Gasteiger partial charge < -0.3 is 10.0 Å². The van der Waals surface area contributed by atoms with Crippen LogP contribution in [0.4, 0.5) is 13.2 Å². The van der Waals surface area contributed by atoms with Crippen LogP contribution in [0, 0.1) is 5.92 Å². The van der Waals surface area contributed by atoms with E-state index in [4.69, 9.17) is 11.6 Å². The summed E-state index contributed by atoms with van der Waals surface area (Å²) >= 11 is 5.92. The first kappa shape index (κ1) is 29.0. The highest BCUT2D eigenvalue weighted by molar-refractivity contribution is 6.30. The van der Waals surface area contributed by atoms with Crippen LogP contribution < -0.4 is 5.69 Å². The molecule has 0 saturated heterocycles. The van der Waals surface area contributed by atoms with Gasteiger partial charge in [-0.3, -0.25) is 9.36 Å². The molecule has 4 rings (SSSR count). The first-order valence-electron chi connectivity index (χ1n) is 12.3. The molecule has 0 radical (unpaired) electrons. The number of aliphatic hydroxyl groups is 1. The van der Waals surface area contributed by atoms with Gasteiger partial charge in [-0.05, 0) is 42.3 Å². The third-order valence-corrected chi connectivity index (χ3v) is 6.21. The lowest BCUT2D eigenvalue weighted by molar-refractivity contribution is -0.207. The number of carbonyl (C=O) groups is 1. The normalized spacial score (nSPS) is 12.6. The number of hydrogen-bond donors (Lipinski definition) is 1. The number of para-hydroxylation sites is 1. The van der Waals surface area contributed by atoms with Gasteiger partial charge in [-0.1, -0.05) is 37.6 Å². The van der Waals surface area contributed by atoms with Gasteiger partial charge in [0.1, 0.15) is 12.9 Å². The van der Waals surface area contributed by atoms with E-state index in [0.29, 0.717) is 28.4 Å². The van der Waals surface area contributed by atoms with E-state index in [2.05, 4.69) is 15.2 Å². The standard InChI is InChI=1S/C26H27ClF3N7O3/c1-16(2)12-34(3)24(39)19-6-4-5-7-20(19)37-15-31-22(32-37)14-36-25(40)35(13-21(38)26(28,29)30)23(33-36)17-8-10-18(27)11-9-17/h4-11,15-16,21,38H,12-14H2,1-3H3/t21-/m0/s1. The van der Waals surface area contributed by atoms with E-state index in [1.807, 2.05) is 13.8 Å². The van der Waals surface area contributed by atoms with Crippen molar-refractivity contribution < 1.29 is 23.1 Å². The smallest absolute Gasteiger partial charge is 0.382 e. The van der Waals surface area contributed by atoms with Crippen LogP contribution in [0.1, 0.15) is 30.0 Å². The maximum Gasteiger partial charge on any atom is 0.416 e. The van der Waals surface area contributed by atoms with E-state index < -0.39 is 24.5 Å². The second kappa shape index (κ2) is 11.6. The zero-order valence-corrected chi connectivity index (χ0v) is 22.6. The summed E-state index contributed by atoms with van der Waals surface area (Å²) in [4.78, 5) is 32.0. The number of carbonyl (C=O) groups excluding carboxylic acids is 1. The van der Waals surface area contributed by atoms with Gasteiger partial charge in [0.15, 0.2) is 17.8 Å². The largest absolute Gasteiger partial charge is 0.416 e. The molecule has 0 fully saturated rings. The number of nitrogens with zero attached hydrogens (tertiary/aromatic N) is 7. The molecule has 2 heterocycles. The van der Waals surface area contributed by atoms with Crippen LogP contribution in [0.3, 0.4) is 0 Å². The lowest BCUT2D eigenvalue weighted by Gasteiger charge is -2.20. The highest BCUT2D eigenvalue weighted by Crippen LogP contribution is 2.24. The molecule has 4 aromatic rings. The quantitative estimate of drug-likeness (QED) is 0.325. The van der Waals surface area contributed by atoms with Crippen molar-refractivity contribution >= 4 is 17.5 Å². The Hall–Kier alpha value is -3.97. The molecule has 0 unspecified atom stereocenters. The van der Waals surface area contributed by atoms with Gasteiger partial charge in [-0.2, -0.15) is 13.2 Å². The summed E-state index contributed by atoms with van der Waals surface area (Å²) in [6.45, 7) is 3.24. The van der Waals surface area contributed by atoms with Crippen molar-refractivity contribution in [3.63, 3.8) is 0 Å². The zero-order chi connectivity index (χ0) is 29.2. The van der Waals surface area contributed by atoms with Crippen LogP contribution in [0.25, 0.3) is 17.1 Å². The van der Waals surface area contributed by atoms with Crippen molar-refractivity contribution in [2.24, 2.45) is 5.92 Å². The monoisotopic (exact) mass is 577 g/mol. The van der Waals surface area contributed by atoms with Crippen LogP contribution in [-0.4, -0.2) is 70.9 Å². The number of aromatic nitrogens is 6. The van der Waals surface area contributed by atoms with Crippen molar-refractivity contribution in [1.29, 1.82) is 0 Å². The Balaban J connectivity index is 1.67. The minimum absolute atomic E-state index is 0.0893. The van der Waals surface area contributed by atoms with Gasteiger partial charge in [0, 0.05) is 24.2 Å². The molecule has 0 aliphatic rings. The topological polar surface area (TPSA) is 111 Å². The van der Waals surface area contributed by atoms with Gasteiger partial charge in [0.05, 0.1) is 17.8 Å². The molecule has 0 aliphatic carbocycles. The zero-order valence-electron chi connectivity index (χ0n) is 21.9. The van der Waals surface area contributed by atoms with Crippen LogP contribution in [0.15, 0.2) is 59.7 Å². The average molecular weight is 578 g/mol. The second-order valence-corrected chi connectivity index (χ2v) is 10.1. The maximum absolute atomic E-state index is 13.1. The summed E-state index contributed by atoms with van der Waals surface area (Å²) < 4.78 is 42.4. The number of alkyl halides is 3. The number of amides is 1. The Morgan fingerprint density at radius 2 is 1.77 bits per heavy atom. The molecular weight excluding hydrogens is 551 g/mol. The van der Waals surface area contributed by atoms with Crippen LogP contribution >= 0.6 is 11.6 Å². The predicted octanol–water partition coefficient (Wildman–Crippen LogP) is 3.65. The third kappa shape index (κ3) is 6.42. The highest BCUT2D eigenvalue weighted by atomic mass is 35.5. The fourth-order valence-corrected chi connectivity index (χ4v) is 4.23.